The average molecular weight is 301 g/mol. The number of hydrogen-bond donors (Lipinski definition) is 1. The summed E-state index contributed by atoms with van der Waals surface area (Å²) in [5.74, 6) is 0.720. The van der Waals surface area contributed by atoms with E-state index < -0.39 is 0 Å². The molecule has 0 aliphatic carbocycles. The van der Waals surface area contributed by atoms with E-state index in [1.54, 1.807) is 0 Å². The lowest BCUT2D eigenvalue weighted by Gasteiger charge is -2.20. The summed E-state index contributed by atoms with van der Waals surface area (Å²) in [5.41, 5.74) is 2.81. The molecule has 2 rings (SSSR count). The fraction of sp³-hybridized carbons (Fsp3) is 0.474. The lowest BCUT2D eigenvalue weighted by Crippen LogP contribution is -2.30. The minimum absolute atomic E-state index is 0.396. The van der Waals surface area contributed by atoms with Crippen molar-refractivity contribution in [3.05, 3.63) is 57.8 Å². The number of benzene rings is 1. The van der Waals surface area contributed by atoms with E-state index in [4.69, 9.17) is 0 Å². The third-order valence-electron chi connectivity index (χ3n) is 3.75. The smallest absolute Gasteiger partial charge is 0.0294 e. The summed E-state index contributed by atoms with van der Waals surface area (Å²) in [4.78, 5) is 1.45. The van der Waals surface area contributed by atoms with Crippen molar-refractivity contribution in [2.45, 2.75) is 52.6 Å². The average Bonchev–Trinajstić information content (AvgIpc) is 2.91. The fourth-order valence-corrected chi connectivity index (χ4v) is 3.56. The third-order valence-corrected chi connectivity index (χ3v) is 4.64. The summed E-state index contributed by atoms with van der Waals surface area (Å²) in [6, 6.07) is 14.3. The van der Waals surface area contributed by atoms with Crippen LogP contribution >= 0.6 is 11.3 Å². The van der Waals surface area contributed by atoms with Crippen molar-refractivity contribution in [2.75, 3.05) is 0 Å². The molecule has 0 saturated heterocycles. The molecular formula is C19H27NS. The van der Waals surface area contributed by atoms with Gasteiger partial charge in [0.15, 0.2) is 0 Å². The van der Waals surface area contributed by atoms with E-state index in [1.165, 1.54) is 16.0 Å². The van der Waals surface area contributed by atoms with Gasteiger partial charge in [0.25, 0.3) is 0 Å². The summed E-state index contributed by atoms with van der Waals surface area (Å²) in [6.07, 6.45) is 2.27. The minimum atomic E-state index is 0.396. The largest absolute Gasteiger partial charge is 0.307 e. The van der Waals surface area contributed by atoms with E-state index in [0.717, 1.165) is 18.8 Å². The van der Waals surface area contributed by atoms with E-state index in [1.807, 2.05) is 11.3 Å². The Morgan fingerprint density at radius 2 is 1.67 bits per heavy atom. The van der Waals surface area contributed by atoms with Gasteiger partial charge in [-0.3, -0.25) is 0 Å². The van der Waals surface area contributed by atoms with Crippen LogP contribution in [-0.2, 0) is 12.8 Å². The highest BCUT2D eigenvalue weighted by Crippen LogP contribution is 2.17. The van der Waals surface area contributed by atoms with E-state index in [2.05, 4.69) is 74.8 Å². The van der Waals surface area contributed by atoms with Crippen LogP contribution in [0.15, 0.2) is 41.8 Å². The van der Waals surface area contributed by atoms with Crippen LogP contribution in [-0.4, -0.2) is 6.04 Å². The summed E-state index contributed by atoms with van der Waals surface area (Å²) >= 11 is 1.84. The molecule has 21 heavy (non-hydrogen) atoms. The molecule has 0 aliphatic heterocycles. The Kier molecular flexibility index (Phi) is 6.01. The monoisotopic (exact) mass is 301 g/mol. The van der Waals surface area contributed by atoms with Crippen LogP contribution in [0.5, 0.6) is 0 Å². The molecule has 0 spiro atoms. The van der Waals surface area contributed by atoms with Crippen LogP contribution < -0.4 is 5.32 Å². The SMILES string of the molecule is CC(C)Cc1ccc(C(C)NC(C)Cc2cccs2)cc1. The van der Waals surface area contributed by atoms with Gasteiger partial charge in [0.05, 0.1) is 0 Å². The number of nitrogens with one attached hydrogen (secondary N) is 1. The van der Waals surface area contributed by atoms with Gasteiger partial charge in [-0.15, -0.1) is 11.3 Å². The van der Waals surface area contributed by atoms with Gasteiger partial charge in [-0.25, -0.2) is 0 Å². The maximum atomic E-state index is 3.70. The van der Waals surface area contributed by atoms with Gasteiger partial charge >= 0.3 is 0 Å². The van der Waals surface area contributed by atoms with Crippen molar-refractivity contribution >= 4 is 11.3 Å². The van der Waals surface area contributed by atoms with Crippen LogP contribution in [0.2, 0.25) is 0 Å². The van der Waals surface area contributed by atoms with Crippen LogP contribution in [0, 0.1) is 5.92 Å². The van der Waals surface area contributed by atoms with Crippen molar-refractivity contribution in [3.63, 3.8) is 0 Å². The maximum Gasteiger partial charge on any atom is 0.0294 e. The second-order valence-corrected chi connectivity index (χ2v) is 7.44. The molecule has 0 radical (unpaired) electrons. The highest BCUT2D eigenvalue weighted by atomic mass is 32.1. The molecule has 1 N–H and O–H groups in total. The lowest BCUT2D eigenvalue weighted by molar-refractivity contribution is 0.479. The molecule has 0 fully saturated rings. The Bertz CT molecular complexity index is 513. The molecule has 2 unspecified atom stereocenters. The first-order valence-electron chi connectivity index (χ1n) is 7.92. The first kappa shape index (κ1) is 16.3. The molecule has 0 amide bonds. The highest BCUT2D eigenvalue weighted by molar-refractivity contribution is 7.09. The molecule has 1 aromatic heterocycles. The Balaban J connectivity index is 1.88. The molecule has 2 heteroatoms. The lowest BCUT2D eigenvalue weighted by atomic mass is 9.99. The zero-order valence-electron chi connectivity index (χ0n) is 13.6. The summed E-state index contributed by atoms with van der Waals surface area (Å²) in [5, 5.41) is 5.85. The summed E-state index contributed by atoms with van der Waals surface area (Å²) in [7, 11) is 0. The van der Waals surface area contributed by atoms with Gasteiger partial charge in [-0.2, -0.15) is 0 Å². The standard InChI is InChI=1S/C19H27NS/c1-14(2)12-17-7-9-18(10-8-17)16(4)20-15(3)13-19-6-5-11-21-19/h5-11,14-16,20H,12-13H2,1-4H3. The van der Waals surface area contributed by atoms with Crippen molar-refractivity contribution in [3.8, 4) is 0 Å². The van der Waals surface area contributed by atoms with Crippen LogP contribution in [0.4, 0.5) is 0 Å². The maximum absolute atomic E-state index is 3.70. The van der Waals surface area contributed by atoms with Crippen LogP contribution in [0.1, 0.15) is 49.7 Å². The van der Waals surface area contributed by atoms with Crippen LogP contribution in [0.3, 0.4) is 0 Å². The molecule has 0 bridgehead atoms. The molecule has 2 atom stereocenters. The van der Waals surface area contributed by atoms with Gasteiger partial charge in [-0.1, -0.05) is 44.2 Å². The van der Waals surface area contributed by atoms with Crippen molar-refractivity contribution in [2.24, 2.45) is 5.92 Å². The molecular weight excluding hydrogens is 274 g/mol. The third kappa shape index (κ3) is 5.29. The van der Waals surface area contributed by atoms with Gasteiger partial charge < -0.3 is 5.32 Å². The Morgan fingerprint density at radius 3 is 2.24 bits per heavy atom. The number of rotatable bonds is 7. The summed E-state index contributed by atoms with van der Waals surface area (Å²) < 4.78 is 0. The predicted molar refractivity (Wildman–Crippen MR) is 94.0 cm³/mol. The highest BCUT2D eigenvalue weighted by Gasteiger charge is 2.10. The zero-order chi connectivity index (χ0) is 15.2. The van der Waals surface area contributed by atoms with E-state index >= 15 is 0 Å². The van der Waals surface area contributed by atoms with Crippen molar-refractivity contribution in [1.29, 1.82) is 0 Å². The zero-order valence-corrected chi connectivity index (χ0v) is 14.4. The number of hydrogen-bond acceptors (Lipinski definition) is 2. The van der Waals surface area contributed by atoms with Crippen molar-refractivity contribution in [1.82, 2.24) is 5.32 Å². The molecule has 114 valence electrons. The quantitative estimate of drug-likeness (QED) is 0.738. The normalized spacial score (nSPS) is 14.3. The first-order valence-corrected chi connectivity index (χ1v) is 8.80. The molecule has 1 heterocycles. The summed E-state index contributed by atoms with van der Waals surface area (Å²) in [6.45, 7) is 9.06. The van der Waals surface area contributed by atoms with E-state index in [0.29, 0.717) is 12.1 Å². The Labute approximate surface area is 133 Å². The molecule has 2 aromatic rings. The number of thiophene rings is 1. The second-order valence-electron chi connectivity index (χ2n) is 6.41. The first-order chi connectivity index (χ1) is 10.0. The van der Waals surface area contributed by atoms with Gasteiger partial charge in [0.2, 0.25) is 0 Å². The molecule has 1 aromatic carbocycles. The van der Waals surface area contributed by atoms with E-state index in [-0.39, 0.29) is 0 Å². The van der Waals surface area contributed by atoms with Gasteiger partial charge in [0, 0.05) is 17.0 Å². The molecule has 1 nitrogen and oxygen atoms in total. The predicted octanol–water partition coefficient (Wildman–Crippen LogP) is 5.23. The second kappa shape index (κ2) is 7.77. The van der Waals surface area contributed by atoms with Crippen LogP contribution in [0.25, 0.3) is 0 Å². The van der Waals surface area contributed by atoms with Gasteiger partial charge in [0.1, 0.15) is 0 Å². The van der Waals surface area contributed by atoms with Crippen molar-refractivity contribution < 1.29 is 0 Å². The molecule has 0 aliphatic rings. The molecule has 0 saturated carbocycles. The Morgan fingerprint density at radius 1 is 0.952 bits per heavy atom. The topological polar surface area (TPSA) is 12.0 Å². The van der Waals surface area contributed by atoms with E-state index in [9.17, 15) is 0 Å². The minimum Gasteiger partial charge on any atom is -0.307 e. The Hall–Kier alpha value is -1.12. The fourth-order valence-electron chi connectivity index (χ4n) is 2.73. The van der Waals surface area contributed by atoms with Gasteiger partial charge in [-0.05, 0) is 55.2 Å².